The first-order valence-electron chi connectivity index (χ1n) is 3.09. The summed E-state index contributed by atoms with van der Waals surface area (Å²) in [6, 6.07) is 0. The average molecular weight is 150 g/mol. The molecule has 0 spiro atoms. The minimum absolute atomic E-state index is 0.0566. The minimum atomic E-state index is 0.0566. The highest BCUT2D eigenvalue weighted by molar-refractivity contribution is 8.19. The van der Waals surface area contributed by atoms with Crippen LogP contribution in [-0.2, 0) is 0 Å². The van der Waals surface area contributed by atoms with E-state index in [1.54, 1.807) is 0 Å². The summed E-state index contributed by atoms with van der Waals surface area (Å²) in [5.41, 5.74) is 0. The molecule has 0 radical (unpaired) electrons. The first kappa shape index (κ1) is 7.29. The Morgan fingerprint density at radius 3 is 1.60 bits per heavy atom. The van der Waals surface area contributed by atoms with Crippen LogP contribution >= 0.6 is 10.5 Å². The van der Waals surface area contributed by atoms with Gasteiger partial charge in [-0.15, -0.1) is 10.5 Å². The molecule has 0 aromatic rings. The minimum Gasteiger partial charge on any atom is -0.145 e. The predicted octanol–water partition coefficient (Wildman–Crippen LogP) is 2.84. The monoisotopic (exact) mass is 150 g/mol. The molecule has 0 aliphatic carbocycles. The Balaban J connectivity index is 2.80. The second-order valence-corrected chi connectivity index (χ2v) is 3.38. The van der Waals surface area contributed by atoms with Crippen molar-refractivity contribution in [1.29, 1.82) is 0 Å². The van der Waals surface area contributed by atoms with Gasteiger partial charge in [-0.05, 0) is 10.8 Å². The second kappa shape index (κ2) is 4.07. The first-order valence-corrected chi connectivity index (χ1v) is 4.61. The first-order chi connectivity index (χ1) is 4.89. The third kappa shape index (κ3) is 2.65. The Labute approximate surface area is 64.2 Å². The van der Waals surface area contributed by atoms with Gasteiger partial charge in [0.15, 0.2) is 0 Å². The maximum absolute atomic E-state index is 3.93. The summed E-state index contributed by atoms with van der Waals surface area (Å²) in [7, 11) is 0.0566. The highest BCUT2D eigenvalue weighted by atomic mass is 32.2. The Morgan fingerprint density at radius 1 is 0.700 bits per heavy atom. The summed E-state index contributed by atoms with van der Waals surface area (Å²) in [4.78, 5) is 0. The average Bonchev–Trinajstić information content (AvgIpc) is 2.02. The molecule has 10 heavy (non-hydrogen) atoms. The van der Waals surface area contributed by atoms with Crippen molar-refractivity contribution < 1.29 is 0 Å². The van der Waals surface area contributed by atoms with Crippen molar-refractivity contribution in [2.45, 2.75) is 0 Å². The molecule has 0 nitrogen and oxygen atoms in total. The van der Waals surface area contributed by atoms with E-state index in [4.69, 9.17) is 0 Å². The van der Waals surface area contributed by atoms with Gasteiger partial charge < -0.3 is 0 Å². The molecule has 1 aliphatic heterocycles. The fourth-order valence-electron chi connectivity index (χ4n) is 0.595. The molecule has 52 valence electrons. The van der Waals surface area contributed by atoms with Crippen LogP contribution in [0.25, 0.3) is 0 Å². The lowest BCUT2D eigenvalue weighted by Crippen LogP contribution is -1.50. The van der Waals surface area contributed by atoms with Crippen molar-refractivity contribution in [2.75, 3.05) is 0 Å². The Kier molecular flexibility index (Phi) is 2.97. The summed E-state index contributed by atoms with van der Waals surface area (Å²) in [5.74, 6) is 3.93. The lowest BCUT2D eigenvalue weighted by Gasteiger charge is -1.85. The largest absolute Gasteiger partial charge is 0.145 e. The van der Waals surface area contributed by atoms with Crippen LogP contribution in [0.5, 0.6) is 0 Å². The zero-order chi connectivity index (χ0) is 7.23. The zero-order valence-corrected chi connectivity index (χ0v) is 6.55. The van der Waals surface area contributed by atoms with Crippen molar-refractivity contribution >= 4 is 16.4 Å². The smallest absolute Gasteiger partial charge is 0.0313 e. The molecule has 0 bridgehead atoms. The zero-order valence-electron chi connectivity index (χ0n) is 5.73. The van der Waals surface area contributed by atoms with Gasteiger partial charge in [-0.3, -0.25) is 0 Å². The van der Waals surface area contributed by atoms with Crippen LogP contribution in [0, 0.1) is 0 Å². The topological polar surface area (TPSA) is 0 Å². The predicted molar refractivity (Wildman–Crippen MR) is 51.3 cm³/mol. The van der Waals surface area contributed by atoms with Gasteiger partial charge in [0.1, 0.15) is 0 Å². The molecule has 0 saturated heterocycles. The third-order valence-corrected chi connectivity index (χ3v) is 2.08. The summed E-state index contributed by atoms with van der Waals surface area (Å²) < 4.78 is 0. The van der Waals surface area contributed by atoms with Crippen LogP contribution in [0.3, 0.4) is 0 Å². The van der Waals surface area contributed by atoms with Crippen LogP contribution in [0.2, 0.25) is 0 Å². The van der Waals surface area contributed by atoms with E-state index >= 15 is 0 Å². The van der Waals surface area contributed by atoms with Crippen LogP contribution in [0.1, 0.15) is 0 Å². The number of allylic oxidation sites excluding steroid dienone is 6. The molecule has 0 aromatic carbocycles. The van der Waals surface area contributed by atoms with Gasteiger partial charge >= 0.3 is 0 Å². The molecule has 0 atom stereocenters. The maximum atomic E-state index is 3.93. The normalized spacial score (nSPS) is 23.8. The maximum Gasteiger partial charge on any atom is -0.0313 e. The van der Waals surface area contributed by atoms with E-state index in [1.807, 2.05) is 36.5 Å². The van der Waals surface area contributed by atoms with Crippen molar-refractivity contribution in [3.63, 3.8) is 0 Å². The van der Waals surface area contributed by atoms with Gasteiger partial charge in [-0.1, -0.05) is 42.3 Å². The fourth-order valence-corrected chi connectivity index (χ4v) is 1.27. The van der Waals surface area contributed by atoms with E-state index in [9.17, 15) is 0 Å². The van der Waals surface area contributed by atoms with Crippen LogP contribution in [0.15, 0.2) is 47.3 Å². The summed E-state index contributed by atoms with van der Waals surface area (Å²) in [6.07, 6.45) is 12.1. The van der Waals surface area contributed by atoms with E-state index in [2.05, 4.69) is 16.7 Å². The van der Waals surface area contributed by atoms with Gasteiger partial charge in [-0.2, -0.15) is 0 Å². The Bertz CT molecular complexity index is 205. The molecule has 0 fully saturated rings. The van der Waals surface area contributed by atoms with Gasteiger partial charge in [0.25, 0.3) is 0 Å². The molecule has 0 amide bonds. The molecule has 1 heterocycles. The molecule has 0 aromatic heterocycles. The van der Waals surface area contributed by atoms with Crippen LogP contribution in [0.4, 0.5) is 0 Å². The number of hydrogen-bond acceptors (Lipinski definition) is 0. The molecule has 0 saturated carbocycles. The summed E-state index contributed by atoms with van der Waals surface area (Å²) >= 11 is 0. The van der Waals surface area contributed by atoms with Gasteiger partial charge in [-0.25, -0.2) is 0 Å². The van der Waals surface area contributed by atoms with Crippen LogP contribution in [-0.4, -0.2) is 5.87 Å². The summed E-state index contributed by atoms with van der Waals surface area (Å²) in [5, 5.41) is 4.17. The lowest BCUT2D eigenvalue weighted by molar-refractivity contribution is 1.91. The molecular weight excluding hydrogens is 140 g/mol. The molecule has 0 N–H and O–H groups in total. The SMILES string of the molecule is C=S1C=CC=CC=CC=C1. The van der Waals surface area contributed by atoms with Crippen molar-refractivity contribution in [2.24, 2.45) is 0 Å². The molecule has 1 aliphatic rings. The highest BCUT2D eigenvalue weighted by Crippen LogP contribution is 2.13. The van der Waals surface area contributed by atoms with E-state index < -0.39 is 0 Å². The second-order valence-electron chi connectivity index (χ2n) is 1.90. The Morgan fingerprint density at radius 2 is 1.10 bits per heavy atom. The van der Waals surface area contributed by atoms with Crippen LogP contribution < -0.4 is 0 Å². The van der Waals surface area contributed by atoms with E-state index in [1.165, 1.54) is 0 Å². The number of hydrogen-bond donors (Lipinski definition) is 0. The van der Waals surface area contributed by atoms with Gasteiger partial charge in [0.05, 0.1) is 0 Å². The van der Waals surface area contributed by atoms with E-state index in [0.29, 0.717) is 0 Å². The third-order valence-electron chi connectivity index (χ3n) is 1.06. The molecule has 1 rings (SSSR count). The van der Waals surface area contributed by atoms with E-state index in [-0.39, 0.29) is 10.5 Å². The van der Waals surface area contributed by atoms with Crippen molar-refractivity contribution in [3.05, 3.63) is 47.3 Å². The molecular formula is C9H10S. The quantitative estimate of drug-likeness (QED) is 0.466. The van der Waals surface area contributed by atoms with Gasteiger partial charge in [0.2, 0.25) is 0 Å². The molecule has 0 unspecified atom stereocenters. The molecule has 1 heteroatoms. The summed E-state index contributed by atoms with van der Waals surface area (Å²) in [6.45, 7) is 0. The lowest BCUT2D eigenvalue weighted by atomic mass is 10.4. The van der Waals surface area contributed by atoms with Crippen molar-refractivity contribution in [1.82, 2.24) is 0 Å². The van der Waals surface area contributed by atoms with Gasteiger partial charge in [0, 0.05) is 0 Å². The highest BCUT2D eigenvalue weighted by Gasteiger charge is 1.75. The van der Waals surface area contributed by atoms with E-state index in [0.717, 1.165) is 0 Å². The standard InChI is InChI=1S/C9H10S/c1-10-8-6-4-2-3-5-7-9-10/h2-9H,1H2. The van der Waals surface area contributed by atoms with Crippen molar-refractivity contribution in [3.8, 4) is 0 Å². The fraction of sp³-hybridized carbons (Fsp3) is 0. The Hall–Kier alpha value is -0.820. The number of rotatable bonds is 0.